The molecular formula is C20H20N4O2S. The lowest BCUT2D eigenvalue weighted by Gasteiger charge is -2.15. The van der Waals surface area contributed by atoms with Crippen LogP contribution >= 0.6 is 11.8 Å². The summed E-state index contributed by atoms with van der Waals surface area (Å²) in [5, 5.41) is 14.0. The maximum absolute atomic E-state index is 5.98. The second-order valence-electron chi connectivity index (χ2n) is 6.33. The third-order valence-electron chi connectivity index (χ3n) is 4.36. The molecule has 0 radical (unpaired) electrons. The van der Waals surface area contributed by atoms with Gasteiger partial charge in [0.2, 0.25) is 5.16 Å². The summed E-state index contributed by atoms with van der Waals surface area (Å²) in [5.74, 6) is 3.12. The second kappa shape index (κ2) is 7.44. The molecule has 0 spiro atoms. The molecule has 138 valence electrons. The second-order valence-corrected chi connectivity index (χ2v) is 7.27. The first kappa shape index (κ1) is 17.6. The number of nitrogens with zero attached hydrogens (tertiary/aromatic N) is 4. The van der Waals surface area contributed by atoms with E-state index in [9.17, 15) is 0 Å². The quantitative estimate of drug-likeness (QED) is 0.673. The first-order valence-corrected chi connectivity index (χ1v) is 9.62. The van der Waals surface area contributed by atoms with E-state index in [-0.39, 0.29) is 0 Å². The van der Waals surface area contributed by atoms with Gasteiger partial charge in [0.25, 0.3) is 0 Å². The number of methoxy groups -OCH3 is 1. The zero-order chi connectivity index (χ0) is 18.8. The first-order valence-electron chi connectivity index (χ1n) is 8.63. The molecule has 0 amide bonds. The van der Waals surface area contributed by atoms with Crippen LogP contribution < -0.4 is 9.47 Å². The lowest BCUT2D eigenvalue weighted by Crippen LogP contribution is -2.15. The third kappa shape index (κ3) is 3.68. The number of fused-ring (bicyclic) bond motifs is 1. The van der Waals surface area contributed by atoms with Gasteiger partial charge in [0.1, 0.15) is 18.1 Å². The topological polar surface area (TPSA) is 61.5 Å². The Hall–Kier alpha value is -2.80. The van der Waals surface area contributed by atoms with E-state index in [1.807, 2.05) is 44.2 Å². The van der Waals surface area contributed by atoms with Crippen molar-refractivity contribution in [2.75, 3.05) is 12.9 Å². The minimum Gasteiger partial charge on any atom is -0.497 e. The summed E-state index contributed by atoms with van der Waals surface area (Å²) >= 11 is 1.62. The molecule has 1 aliphatic heterocycles. The van der Waals surface area contributed by atoms with E-state index in [1.165, 1.54) is 0 Å². The zero-order valence-electron chi connectivity index (χ0n) is 15.5. The van der Waals surface area contributed by atoms with Crippen molar-refractivity contribution in [3.8, 4) is 11.5 Å². The van der Waals surface area contributed by atoms with Crippen LogP contribution in [0, 0.1) is 13.8 Å². The van der Waals surface area contributed by atoms with Gasteiger partial charge in [-0.15, -0.1) is 10.2 Å². The summed E-state index contributed by atoms with van der Waals surface area (Å²) in [5.41, 5.74) is 4.29. The van der Waals surface area contributed by atoms with Crippen LogP contribution in [-0.4, -0.2) is 33.4 Å². The molecule has 0 bridgehead atoms. The molecule has 0 aliphatic carbocycles. The Morgan fingerprint density at radius 2 is 1.89 bits per heavy atom. The molecule has 1 aromatic heterocycles. The molecule has 0 saturated carbocycles. The fourth-order valence-electron chi connectivity index (χ4n) is 2.79. The molecule has 2 aromatic carbocycles. The van der Waals surface area contributed by atoms with E-state index in [0.717, 1.165) is 44.8 Å². The number of thioether (sulfide) groups is 1. The van der Waals surface area contributed by atoms with Gasteiger partial charge in [-0.2, -0.15) is 9.78 Å². The number of aromatic nitrogens is 3. The number of ether oxygens (including phenoxy) is 2. The fraction of sp³-hybridized carbons (Fsp3) is 0.250. The van der Waals surface area contributed by atoms with Gasteiger partial charge in [-0.05, 0) is 60.9 Å². The van der Waals surface area contributed by atoms with Crippen LogP contribution in [-0.2, 0) is 6.61 Å². The lowest BCUT2D eigenvalue weighted by atomic mass is 10.1. The average molecular weight is 380 g/mol. The molecule has 0 atom stereocenters. The molecule has 27 heavy (non-hydrogen) atoms. The van der Waals surface area contributed by atoms with E-state index in [4.69, 9.17) is 14.6 Å². The van der Waals surface area contributed by atoms with Gasteiger partial charge in [-0.1, -0.05) is 23.9 Å². The van der Waals surface area contributed by atoms with Crippen molar-refractivity contribution in [3.63, 3.8) is 0 Å². The highest BCUT2D eigenvalue weighted by molar-refractivity contribution is 7.99. The predicted octanol–water partition coefficient (Wildman–Crippen LogP) is 3.84. The highest BCUT2D eigenvalue weighted by Crippen LogP contribution is 2.26. The summed E-state index contributed by atoms with van der Waals surface area (Å²) in [6, 6.07) is 14.1. The minimum atomic E-state index is 0.317. The number of hydrogen-bond donors (Lipinski definition) is 0. The van der Waals surface area contributed by atoms with Gasteiger partial charge in [0.15, 0.2) is 5.82 Å². The number of aryl methyl sites for hydroxylation is 2. The van der Waals surface area contributed by atoms with Crippen LogP contribution in [0.5, 0.6) is 11.5 Å². The normalized spacial score (nSPS) is 13.1. The van der Waals surface area contributed by atoms with Crippen molar-refractivity contribution in [1.29, 1.82) is 0 Å². The molecule has 2 heterocycles. The van der Waals surface area contributed by atoms with Crippen LogP contribution in [0.4, 0.5) is 0 Å². The van der Waals surface area contributed by atoms with Crippen LogP contribution in [0.3, 0.4) is 0 Å². The Labute approximate surface area is 162 Å². The molecular weight excluding hydrogens is 360 g/mol. The minimum absolute atomic E-state index is 0.317. The monoisotopic (exact) mass is 380 g/mol. The van der Waals surface area contributed by atoms with Gasteiger partial charge in [0.05, 0.1) is 12.8 Å². The predicted molar refractivity (Wildman–Crippen MR) is 106 cm³/mol. The molecule has 1 aliphatic rings. The summed E-state index contributed by atoms with van der Waals surface area (Å²) in [4.78, 5) is 0. The summed E-state index contributed by atoms with van der Waals surface area (Å²) in [6.45, 7) is 4.40. The number of rotatable bonds is 5. The van der Waals surface area contributed by atoms with Gasteiger partial charge in [0, 0.05) is 5.75 Å². The Balaban J connectivity index is 1.57. The van der Waals surface area contributed by atoms with Crippen molar-refractivity contribution in [2.45, 2.75) is 25.6 Å². The maximum atomic E-state index is 5.98. The zero-order valence-corrected chi connectivity index (χ0v) is 16.3. The lowest BCUT2D eigenvalue weighted by molar-refractivity contribution is 0.287. The summed E-state index contributed by atoms with van der Waals surface area (Å²) < 4.78 is 13.0. The fourth-order valence-corrected chi connectivity index (χ4v) is 3.65. The SMILES string of the molecule is COc1ccc(C2=Nn3c(COc4cc(C)ccc4C)nnc3SC2)cc1. The van der Waals surface area contributed by atoms with Gasteiger partial charge in [-0.3, -0.25) is 0 Å². The molecule has 7 heteroatoms. The molecule has 0 N–H and O–H groups in total. The average Bonchev–Trinajstić information content (AvgIpc) is 3.11. The molecule has 0 unspecified atom stereocenters. The van der Waals surface area contributed by atoms with Crippen LogP contribution in [0.2, 0.25) is 0 Å². The third-order valence-corrected chi connectivity index (χ3v) is 5.29. The maximum Gasteiger partial charge on any atom is 0.212 e. The van der Waals surface area contributed by atoms with Gasteiger partial charge in [-0.25, -0.2) is 0 Å². The van der Waals surface area contributed by atoms with Crippen LogP contribution in [0.15, 0.2) is 52.7 Å². The summed E-state index contributed by atoms with van der Waals surface area (Å²) in [6.07, 6.45) is 0. The Kier molecular flexibility index (Phi) is 4.85. The molecule has 3 aromatic rings. The van der Waals surface area contributed by atoms with Gasteiger partial charge >= 0.3 is 0 Å². The number of hydrogen-bond acceptors (Lipinski definition) is 6. The van der Waals surface area contributed by atoms with E-state index < -0.39 is 0 Å². The highest BCUT2D eigenvalue weighted by atomic mass is 32.2. The molecule has 0 fully saturated rings. The van der Waals surface area contributed by atoms with E-state index >= 15 is 0 Å². The van der Waals surface area contributed by atoms with Crippen molar-refractivity contribution in [2.24, 2.45) is 5.10 Å². The molecule has 0 saturated heterocycles. The molecule has 4 rings (SSSR count). The highest BCUT2D eigenvalue weighted by Gasteiger charge is 2.20. The Morgan fingerprint density at radius 3 is 2.67 bits per heavy atom. The Bertz CT molecular complexity index is 996. The van der Waals surface area contributed by atoms with Crippen molar-refractivity contribution in [1.82, 2.24) is 14.9 Å². The van der Waals surface area contributed by atoms with Crippen LogP contribution in [0.1, 0.15) is 22.5 Å². The van der Waals surface area contributed by atoms with Crippen molar-refractivity contribution >= 4 is 17.5 Å². The standard InChI is InChI=1S/C20H20N4O2S/c1-13-4-5-14(2)18(10-13)26-11-19-21-22-20-24(19)23-17(12-27-20)15-6-8-16(25-3)9-7-15/h4-10H,11-12H2,1-3H3. The number of benzene rings is 2. The van der Waals surface area contributed by atoms with E-state index in [0.29, 0.717) is 12.4 Å². The molecule has 6 nitrogen and oxygen atoms in total. The van der Waals surface area contributed by atoms with E-state index in [2.05, 4.69) is 22.3 Å². The van der Waals surface area contributed by atoms with Crippen molar-refractivity contribution < 1.29 is 9.47 Å². The van der Waals surface area contributed by atoms with Gasteiger partial charge < -0.3 is 9.47 Å². The Morgan fingerprint density at radius 1 is 1.07 bits per heavy atom. The largest absolute Gasteiger partial charge is 0.497 e. The van der Waals surface area contributed by atoms with Crippen LogP contribution in [0.25, 0.3) is 0 Å². The van der Waals surface area contributed by atoms with Crippen molar-refractivity contribution in [3.05, 3.63) is 65.0 Å². The van der Waals surface area contributed by atoms with E-state index in [1.54, 1.807) is 23.5 Å². The smallest absolute Gasteiger partial charge is 0.212 e. The summed E-state index contributed by atoms with van der Waals surface area (Å²) in [7, 11) is 1.66. The first-order chi connectivity index (χ1) is 13.1.